The Balaban J connectivity index is 1.49. The number of benzene rings is 2. The lowest BCUT2D eigenvalue weighted by molar-refractivity contribution is -0.929. The van der Waals surface area contributed by atoms with Gasteiger partial charge in [-0.05, 0) is 43.2 Å². The van der Waals surface area contributed by atoms with E-state index < -0.39 is 5.82 Å². The van der Waals surface area contributed by atoms with E-state index in [1.54, 1.807) is 17.4 Å². The molecule has 2 atom stereocenters. The van der Waals surface area contributed by atoms with Crippen LogP contribution in [-0.2, 0) is 4.79 Å². The molecule has 1 aliphatic heterocycles. The molecule has 3 aromatic rings. The Kier molecular flexibility index (Phi) is 5.38. The van der Waals surface area contributed by atoms with Crippen LogP contribution in [0, 0.1) is 5.82 Å². The number of quaternary nitrogens is 1. The Hall–Kier alpha value is -2.02. The summed E-state index contributed by atoms with van der Waals surface area (Å²) in [5, 5.41) is 4.06. The van der Waals surface area contributed by atoms with Gasteiger partial charge in [-0.3, -0.25) is 4.79 Å². The van der Waals surface area contributed by atoms with E-state index in [1.807, 2.05) is 18.2 Å². The number of anilines is 1. The van der Waals surface area contributed by atoms with Gasteiger partial charge in [0.15, 0.2) is 11.6 Å². The van der Waals surface area contributed by atoms with Crippen molar-refractivity contribution in [3.8, 4) is 0 Å². The van der Waals surface area contributed by atoms with Crippen molar-refractivity contribution < 1.29 is 14.1 Å². The summed E-state index contributed by atoms with van der Waals surface area (Å²) in [6.07, 6.45) is 3.23. The maximum atomic E-state index is 13.9. The van der Waals surface area contributed by atoms with E-state index in [2.05, 4.69) is 11.4 Å². The third kappa shape index (κ3) is 4.13. The van der Waals surface area contributed by atoms with Crippen LogP contribution in [0.5, 0.6) is 0 Å². The zero-order valence-corrected chi connectivity index (χ0v) is 16.2. The van der Waals surface area contributed by atoms with Gasteiger partial charge < -0.3 is 10.2 Å². The monoisotopic (exact) mass is 404 g/mol. The lowest BCUT2D eigenvalue weighted by atomic mass is 10.0. The number of likely N-dealkylation sites (tertiary alicyclic amines) is 1. The van der Waals surface area contributed by atoms with E-state index in [4.69, 9.17) is 16.6 Å². The molecule has 7 heteroatoms. The molecule has 1 unspecified atom stereocenters. The maximum absolute atomic E-state index is 13.9. The van der Waals surface area contributed by atoms with Crippen molar-refractivity contribution in [3.05, 3.63) is 58.3 Å². The summed E-state index contributed by atoms with van der Waals surface area (Å²) in [7, 11) is 0. The van der Waals surface area contributed by atoms with Crippen molar-refractivity contribution in [2.45, 2.75) is 25.3 Å². The highest BCUT2D eigenvalue weighted by atomic mass is 35.5. The second kappa shape index (κ2) is 7.92. The molecule has 1 amide bonds. The van der Waals surface area contributed by atoms with Gasteiger partial charge in [-0.25, -0.2) is 9.37 Å². The summed E-state index contributed by atoms with van der Waals surface area (Å²) in [4.78, 5) is 18.5. The van der Waals surface area contributed by atoms with Crippen LogP contribution in [0.3, 0.4) is 0 Å². The van der Waals surface area contributed by atoms with Gasteiger partial charge in [0.1, 0.15) is 11.9 Å². The number of nitrogens with one attached hydrogen (secondary N) is 2. The average molecular weight is 405 g/mol. The third-order valence-corrected chi connectivity index (χ3v) is 6.32. The van der Waals surface area contributed by atoms with Crippen LogP contribution < -0.4 is 10.2 Å². The van der Waals surface area contributed by atoms with Gasteiger partial charge in [0, 0.05) is 11.4 Å². The molecule has 2 aromatic carbocycles. The second-order valence-corrected chi connectivity index (χ2v) is 8.32. The molecule has 2 N–H and O–H groups in total. The first-order chi connectivity index (χ1) is 13.1. The van der Waals surface area contributed by atoms with Crippen molar-refractivity contribution >= 4 is 44.7 Å². The first-order valence-electron chi connectivity index (χ1n) is 9.05. The van der Waals surface area contributed by atoms with Crippen LogP contribution in [0.15, 0.2) is 42.5 Å². The minimum Gasteiger partial charge on any atom is -0.319 e. The number of nitrogens with zero attached hydrogens (tertiary/aromatic N) is 1. The summed E-state index contributed by atoms with van der Waals surface area (Å²) < 4.78 is 15.1. The highest BCUT2D eigenvalue weighted by Crippen LogP contribution is 2.28. The molecule has 1 aliphatic rings. The number of rotatable bonds is 4. The molecule has 0 bridgehead atoms. The van der Waals surface area contributed by atoms with Crippen molar-refractivity contribution in [2.75, 3.05) is 18.4 Å². The predicted octanol–water partition coefficient (Wildman–Crippen LogP) is 3.84. The second-order valence-electron chi connectivity index (χ2n) is 6.83. The number of hydrogen-bond acceptors (Lipinski definition) is 3. The molecule has 0 aliphatic carbocycles. The quantitative estimate of drug-likeness (QED) is 0.694. The van der Waals surface area contributed by atoms with Crippen LogP contribution >= 0.6 is 22.9 Å². The van der Waals surface area contributed by atoms with Crippen LogP contribution in [0.1, 0.15) is 30.3 Å². The molecule has 1 aromatic heterocycles. The number of fused-ring (bicyclic) bond motifs is 1. The number of para-hydroxylation sites is 1. The number of carbonyl (C=O) groups excluding carboxylic acids is 1. The van der Waals surface area contributed by atoms with E-state index in [-0.39, 0.29) is 17.6 Å². The summed E-state index contributed by atoms with van der Waals surface area (Å²) in [5.74, 6) is -0.716. The summed E-state index contributed by atoms with van der Waals surface area (Å²) in [6.45, 7) is 1.21. The molecule has 1 saturated heterocycles. The minimum absolute atomic E-state index is 0.164. The molecule has 1 fully saturated rings. The third-order valence-electron chi connectivity index (χ3n) is 4.93. The number of piperidine rings is 1. The smallest absolute Gasteiger partial charge is 0.279 e. The maximum Gasteiger partial charge on any atom is 0.279 e. The standard InChI is InChI=1S/C20H19ClFN3OS/c21-13-8-9-15(14(22)11-13)23-19(26)12-25-10-4-3-6-17(25)20-24-16-5-1-2-7-18(16)27-20/h1-2,5,7-9,11,17H,3-4,6,10,12H2,(H,23,26)/p+1/t17-/m0/s1. The molecule has 0 spiro atoms. The predicted molar refractivity (Wildman–Crippen MR) is 107 cm³/mol. The molecule has 0 radical (unpaired) electrons. The van der Waals surface area contributed by atoms with Crippen molar-refractivity contribution in [1.82, 2.24) is 4.98 Å². The minimum atomic E-state index is -0.521. The van der Waals surface area contributed by atoms with Gasteiger partial charge in [0.2, 0.25) is 0 Å². The molecule has 4 nitrogen and oxygen atoms in total. The van der Waals surface area contributed by atoms with Crippen molar-refractivity contribution in [3.63, 3.8) is 0 Å². The fourth-order valence-electron chi connectivity index (χ4n) is 3.62. The number of carbonyl (C=O) groups is 1. The van der Waals surface area contributed by atoms with E-state index in [9.17, 15) is 9.18 Å². The Morgan fingerprint density at radius 3 is 2.96 bits per heavy atom. The fourth-order valence-corrected chi connectivity index (χ4v) is 4.94. The Morgan fingerprint density at radius 1 is 1.30 bits per heavy atom. The van der Waals surface area contributed by atoms with Crippen LogP contribution in [0.4, 0.5) is 10.1 Å². The molecule has 27 heavy (non-hydrogen) atoms. The number of halogens is 2. The van der Waals surface area contributed by atoms with Gasteiger partial charge in [-0.15, -0.1) is 11.3 Å². The van der Waals surface area contributed by atoms with Crippen LogP contribution in [-0.4, -0.2) is 24.0 Å². The van der Waals surface area contributed by atoms with E-state index in [1.165, 1.54) is 21.7 Å². The molecule has 4 rings (SSSR count). The number of thiazole rings is 1. The highest BCUT2D eigenvalue weighted by molar-refractivity contribution is 7.18. The van der Waals surface area contributed by atoms with E-state index >= 15 is 0 Å². The summed E-state index contributed by atoms with van der Waals surface area (Å²) in [5.41, 5.74) is 1.17. The van der Waals surface area contributed by atoms with E-state index in [0.717, 1.165) is 36.3 Å². The van der Waals surface area contributed by atoms with Crippen LogP contribution in [0.2, 0.25) is 5.02 Å². The van der Waals surface area contributed by atoms with Gasteiger partial charge in [0.05, 0.1) is 22.4 Å². The zero-order valence-electron chi connectivity index (χ0n) is 14.7. The highest BCUT2D eigenvalue weighted by Gasteiger charge is 2.32. The summed E-state index contributed by atoms with van der Waals surface area (Å²) in [6, 6.07) is 12.6. The normalized spacial score (nSPS) is 19.9. The lowest BCUT2D eigenvalue weighted by Crippen LogP contribution is -3.14. The lowest BCUT2D eigenvalue weighted by Gasteiger charge is -2.30. The molecule has 0 saturated carbocycles. The summed E-state index contributed by atoms with van der Waals surface area (Å²) >= 11 is 7.47. The SMILES string of the molecule is O=C(C[NH+]1CCCC[C@H]1c1nc2ccccc2s1)Nc1ccc(Cl)cc1F. The number of hydrogen-bond donors (Lipinski definition) is 2. The van der Waals surface area contributed by atoms with E-state index in [0.29, 0.717) is 11.6 Å². The first kappa shape index (κ1) is 18.3. The average Bonchev–Trinajstić information content (AvgIpc) is 3.08. The Bertz CT molecular complexity index is 944. The van der Waals surface area contributed by atoms with Gasteiger partial charge in [0.25, 0.3) is 5.91 Å². The van der Waals surface area contributed by atoms with Crippen molar-refractivity contribution in [2.24, 2.45) is 0 Å². The topological polar surface area (TPSA) is 46.4 Å². The largest absolute Gasteiger partial charge is 0.319 e. The molecule has 140 valence electrons. The van der Waals surface area contributed by atoms with Crippen LogP contribution in [0.25, 0.3) is 10.2 Å². The number of aromatic nitrogens is 1. The van der Waals surface area contributed by atoms with Gasteiger partial charge in [-0.2, -0.15) is 0 Å². The first-order valence-corrected chi connectivity index (χ1v) is 10.2. The van der Waals surface area contributed by atoms with Gasteiger partial charge in [-0.1, -0.05) is 23.7 Å². The Labute approximate surface area is 166 Å². The zero-order chi connectivity index (χ0) is 18.8. The van der Waals surface area contributed by atoms with Crippen molar-refractivity contribution in [1.29, 1.82) is 0 Å². The molecular formula is C20H20ClFN3OS+. The van der Waals surface area contributed by atoms with Gasteiger partial charge >= 0.3 is 0 Å². The number of amides is 1. The Morgan fingerprint density at radius 2 is 2.15 bits per heavy atom. The molecular weight excluding hydrogens is 385 g/mol. The fraction of sp³-hybridized carbons (Fsp3) is 0.300. The molecule has 2 heterocycles.